The molecule has 1 fully saturated rings. The molecule has 5 rings (SSSR count). The highest BCUT2D eigenvalue weighted by Crippen LogP contribution is 2.29. The summed E-state index contributed by atoms with van der Waals surface area (Å²) >= 11 is 0. The van der Waals surface area contributed by atoms with Gasteiger partial charge in [-0.3, -0.25) is 9.36 Å². The number of hydrogen-bond acceptors (Lipinski definition) is 5. The van der Waals surface area contributed by atoms with Crippen LogP contribution in [0.25, 0.3) is 27.7 Å². The van der Waals surface area contributed by atoms with E-state index in [1.54, 1.807) is 40.1 Å². The van der Waals surface area contributed by atoms with Crippen LogP contribution in [-0.4, -0.2) is 54.8 Å². The number of amides is 1. The predicted molar refractivity (Wildman–Crippen MR) is 131 cm³/mol. The minimum absolute atomic E-state index is 0.0696. The van der Waals surface area contributed by atoms with E-state index < -0.39 is 41.1 Å². The van der Waals surface area contributed by atoms with E-state index in [4.69, 9.17) is 4.74 Å². The Bertz CT molecular complexity index is 1590. The molecule has 0 radical (unpaired) electrons. The molecule has 2 atom stereocenters. The largest absolute Gasteiger partial charge is 0.444 e. The Morgan fingerprint density at radius 2 is 1.84 bits per heavy atom. The van der Waals surface area contributed by atoms with E-state index in [9.17, 15) is 14.0 Å². The predicted octanol–water partition coefficient (Wildman–Crippen LogP) is 4.82. The number of likely N-dealkylation sites (tertiary alicyclic amines) is 1. The maximum atomic E-state index is 15.3. The number of piperidine rings is 1. The van der Waals surface area contributed by atoms with Gasteiger partial charge in [0.05, 0.1) is 30.1 Å². The molecular formula is C26H26F3N5O3. The Hall–Kier alpha value is -3.89. The smallest absolute Gasteiger partial charge is 0.410 e. The van der Waals surface area contributed by atoms with Gasteiger partial charge in [-0.2, -0.15) is 0 Å². The summed E-state index contributed by atoms with van der Waals surface area (Å²) in [6, 6.07) is 2.96. The minimum Gasteiger partial charge on any atom is -0.444 e. The summed E-state index contributed by atoms with van der Waals surface area (Å²) in [4.78, 5) is 35.1. The lowest BCUT2D eigenvalue weighted by atomic mass is 10.0. The van der Waals surface area contributed by atoms with E-state index in [2.05, 4.69) is 9.97 Å². The minimum atomic E-state index is -1.58. The highest BCUT2D eigenvalue weighted by atomic mass is 19.1. The fourth-order valence-corrected chi connectivity index (χ4v) is 4.65. The van der Waals surface area contributed by atoms with Crippen molar-refractivity contribution in [1.29, 1.82) is 0 Å². The second-order valence-corrected chi connectivity index (χ2v) is 10.3. The van der Waals surface area contributed by atoms with Crippen molar-refractivity contribution in [3.8, 4) is 11.1 Å². The highest BCUT2D eigenvalue weighted by Gasteiger charge is 2.35. The number of aromatic nitrogens is 4. The van der Waals surface area contributed by atoms with Crippen LogP contribution in [0.2, 0.25) is 0 Å². The Kier molecular flexibility index (Phi) is 5.96. The number of aryl methyl sites for hydroxylation is 1. The van der Waals surface area contributed by atoms with Crippen LogP contribution in [0.5, 0.6) is 0 Å². The van der Waals surface area contributed by atoms with Gasteiger partial charge in [0.2, 0.25) is 0 Å². The SMILES string of the molecule is Cc1cn2cc(-c3cc(F)c4c(=O)n(C5CCN(C(=O)OC(C)(C)C)CC5F)cnc4c3)cc(F)c2n1. The van der Waals surface area contributed by atoms with E-state index in [-0.39, 0.29) is 36.1 Å². The van der Waals surface area contributed by atoms with E-state index >= 15 is 8.78 Å². The van der Waals surface area contributed by atoms with Crippen LogP contribution in [0.3, 0.4) is 0 Å². The fourth-order valence-electron chi connectivity index (χ4n) is 4.65. The zero-order valence-electron chi connectivity index (χ0n) is 20.8. The number of ether oxygens (including phenoxy) is 1. The number of pyridine rings is 1. The van der Waals surface area contributed by atoms with E-state index in [1.807, 2.05) is 0 Å². The first-order valence-electron chi connectivity index (χ1n) is 11.9. The van der Waals surface area contributed by atoms with Crippen molar-refractivity contribution in [2.75, 3.05) is 13.1 Å². The monoisotopic (exact) mass is 513 g/mol. The van der Waals surface area contributed by atoms with E-state index in [0.717, 1.165) is 10.6 Å². The molecule has 0 aliphatic carbocycles. The Balaban J connectivity index is 1.46. The van der Waals surface area contributed by atoms with Crippen LogP contribution < -0.4 is 5.56 Å². The van der Waals surface area contributed by atoms with Gasteiger partial charge in [0.1, 0.15) is 23.0 Å². The van der Waals surface area contributed by atoms with Crippen molar-refractivity contribution >= 4 is 22.6 Å². The van der Waals surface area contributed by atoms with Crippen LogP contribution in [0, 0.1) is 18.6 Å². The molecule has 0 spiro atoms. The summed E-state index contributed by atoms with van der Waals surface area (Å²) in [5.74, 6) is -1.41. The Morgan fingerprint density at radius 3 is 2.54 bits per heavy atom. The summed E-state index contributed by atoms with van der Waals surface area (Å²) in [5, 5.41) is -0.284. The first-order valence-corrected chi connectivity index (χ1v) is 11.9. The Labute approximate surface area is 210 Å². The lowest BCUT2D eigenvalue weighted by molar-refractivity contribution is 0.00645. The van der Waals surface area contributed by atoms with Gasteiger partial charge in [0, 0.05) is 24.5 Å². The molecule has 1 aliphatic rings. The van der Waals surface area contributed by atoms with Gasteiger partial charge in [0.15, 0.2) is 11.5 Å². The molecule has 2 unspecified atom stereocenters. The first-order chi connectivity index (χ1) is 17.4. The van der Waals surface area contributed by atoms with Crippen molar-refractivity contribution in [3.63, 3.8) is 0 Å². The molecule has 3 aromatic heterocycles. The summed E-state index contributed by atoms with van der Waals surface area (Å²) in [6.45, 7) is 6.82. The number of benzene rings is 1. The zero-order chi connectivity index (χ0) is 26.6. The third-order valence-corrected chi connectivity index (χ3v) is 6.32. The third kappa shape index (κ3) is 4.65. The van der Waals surface area contributed by atoms with Crippen molar-refractivity contribution in [2.24, 2.45) is 0 Å². The van der Waals surface area contributed by atoms with Crippen LogP contribution in [-0.2, 0) is 4.74 Å². The molecule has 1 amide bonds. The van der Waals surface area contributed by atoms with Crippen LogP contribution >= 0.6 is 0 Å². The standard InChI is InChI=1S/C26H26F3N5O3/c1-14-10-33-11-16(8-18(28)23(33)31-14)15-7-17(27)22-20(9-15)30-13-34(24(22)35)21-5-6-32(12-19(21)29)25(36)37-26(2,3)4/h7-11,13,19,21H,5-6,12H2,1-4H3. The van der Waals surface area contributed by atoms with Gasteiger partial charge >= 0.3 is 6.09 Å². The molecular weight excluding hydrogens is 487 g/mol. The van der Waals surface area contributed by atoms with Gasteiger partial charge in [-0.25, -0.2) is 27.9 Å². The summed E-state index contributed by atoms with van der Waals surface area (Å²) in [6.07, 6.45) is 2.39. The lowest BCUT2D eigenvalue weighted by Gasteiger charge is -2.36. The molecule has 0 N–H and O–H groups in total. The number of halogens is 3. The molecule has 0 bridgehead atoms. The average Bonchev–Trinajstić information content (AvgIpc) is 3.19. The third-order valence-electron chi connectivity index (χ3n) is 6.32. The average molecular weight is 514 g/mol. The first kappa shape index (κ1) is 24.8. The fraction of sp³-hybridized carbons (Fsp3) is 0.385. The molecule has 1 aliphatic heterocycles. The highest BCUT2D eigenvalue weighted by molar-refractivity contribution is 5.84. The number of imidazole rings is 1. The number of carbonyl (C=O) groups is 1. The van der Waals surface area contributed by atoms with Crippen LogP contribution in [0.15, 0.2) is 41.7 Å². The van der Waals surface area contributed by atoms with Crippen molar-refractivity contribution in [3.05, 3.63) is 64.6 Å². The van der Waals surface area contributed by atoms with E-state index in [1.165, 1.54) is 27.8 Å². The normalized spacial score (nSPS) is 18.5. The van der Waals surface area contributed by atoms with Gasteiger partial charge in [-0.15, -0.1) is 0 Å². The number of alkyl halides is 1. The molecule has 0 saturated carbocycles. The molecule has 1 saturated heterocycles. The molecule has 1 aromatic carbocycles. The van der Waals surface area contributed by atoms with Gasteiger partial charge < -0.3 is 14.0 Å². The van der Waals surface area contributed by atoms with Crippen LogP contribution in [0.1, 0.15) is 38.9 Å². The molecule has 194 valence electrons. The number of rotatable bonds is 2. The molecule has 37 heavy (non-hydrogen) atoms. The van der Waals surface area contributed by atoms with Crippen molar-refractivity contribution in [1.82, 2.24) is 23.8 Å². The lowest BCUT2D eigenvalue weighted by Crippen LogP contribution is -2.48. The number of carbonyl (C=O) groups excluding carboxylic acids is 1. The Morgan fingerprint density at radius 1 is 1.11 bits per heavy atom. The second-order valence-electron chi connectivity index (χ2n) is 10.3. The van der Waals surface area contributed by atoms with Crippen molar-refractivity contribution in [2.45, 2.75) is 51.9 Å². The molecule has 11 heteroatoms. The maximum absolute atomic E-state index is 15.3. The number of fused-ring (bicyclic) bond motifs is 2. The number of hydrogen-bond donors (Lipinski definition) is 0. The van der Waals surface area contributed by atoms with Gasteiger partial charge in [0.25, 0.3) is 5.56 Å². The van der Waals surface area contributed by atoms with Crippen LogP contribution in [0.4, 0.5) is 18.0 Å². The molecule has 4 aromatic rings. The second kappa shape index (κ2) is 8.89. The summed E-state index contributed by atoms with van der Waals surface area (Å²) in [7, 11) is 0. The zero-order valence-corrected chi connectivity index (χ0v) is 20.8. The molecule has 4 heterocycles. The van der Waals surface area contributed by atoms with Crippen molar-refractivity contribution < 1.29 is 22.7 Å². The summed E-state index contributed by atoms with van der Waals surface area (Å²) < 4.78 is 52.9. The topological polar surface area (TPSA) is 81.7 Å². The van der Waals surface area contributed by atoms with E-state index in [0.29, 0.717) is 16.8 Å². The van der Waals surface area contributed by atoms with Gasteiger partial charge in [-0.1, -0.05) is 0 Å². The number of nitrogens with zero attached hydrogens (tertiary/aromatic N) is 5. The quantitative estimate of drug-likeness (QED) is 0.384. The molecule has 8 nitrogen and oxygen atoms in total. The maximum Gasteiger partial charge on any atom is 0.410 e. The van der Waals surface area contributed by atoms with Gasteiger partial charge in [-0.05, 0) is 57.9 Å². The summed E-state index contributed by atoms with van der Waals surface area (Å²) in [5.41, 5.74) is 0.126.